The Kier molecular flexibility index (Phi) is 4.31. The van der Waals surface area contributed by atoms with Crippen LogP contribution < -0.4 is 5.32 Å². The van der Waals surface area contributed by atoms with E-state index in [-0.39, 0.29) is 0 Å². The SMILES string of the molecule is CC(C)C1CN(Cc2ncnn2C)C2(CCCCC2)CN1. The Labute approximate surface area is 128 Å². The topological polar surface area (TPSA) is 46.0 Å². The van der Waals surface area contributed by atoms with Crippen molar-refractivity contribution in [3.05, 3.63) is 12.2 Å². The molecule has 1 atom stereocenters. The van der Waals surface area contributed by atoms with Crippen LogP contribution in [-0.2, 0) is 13.6 Å². The van der Waals surface area contributed by atoms with Crippen molar-refractivity contribution < 1.29 is 0 Å². The third-order valence-electron chi connectivity index (χ3n) is 5.51. The zero-order valence-corrected chi connectivity index (χ0v) is 13.7. The second-order valence-corrected chi connectivity index (χ2v) is 7.20. The van der Waals surface area contributed by atoms with Gasteiger partial charge in [-0.15, -0.1) is 0 Å². The predicted octanol–water partition coefficient (Wildman–Crippen LogP) is 1.95. The van der Waals surface area contributed by atoms with Crippen LogP contribution in [0.2, 0.25) is 0 Å². The lowest BCUT2D eigenvalue weighted by Crippen LogP contribution is -2.65. The van der Waals surface area contributed by atoms with Crippen molar-refractivity contribution in [3.8, 4) is 0 Å². The fourth-order valence-electron chi connectivity index (χ4n) is 3.94. The molecule has 5 heteroatoms. The standard InChI is InChI=1S/C16H29N5/c1-13(2)14-9-21(10-15-18-12-19-20(15)3)16(11-17-14)7-5-4-6-8-16/h12-14,17H,4-11H2,1-3H3. The van der Waals surface area contributed by atoms with Crippen molar-refractivity contribution in [2.45, 2.75) is 64.1 Å². The lowest BCUT2D eigenvalue weighted by Gasteiger charge is -2.52. The molecule has 2 fully saturated rings. The molecule has 1 saturated carbocycles. The summed E-state index contributed by atoms with van der Waals surface area (Å²) in [5.74, 6) is 1.76. The number of piperazine rings is 1. The highest BCUT2D eigenvalue weighted by molar-refractivity contribution is 5.02. The van der Waals surface area contributed by atoms with E-state index in [0.29, 0.717) is 17.5 Å². The number of rotatable bonds is 3. The van der Waals surface area contributed by atoms with Crippen molar-refractivity contribution in [3.63, 3.8) is 0 Å². The van der Waals surface area contributed by atoms with Crippen molar-refractivity contribution in [1.82, 2.24) is 25.0 Å². The van der Waals surface area contributed by atoms with Crippen LogP contribution in [0, 0.1) is 5.92 Å². The molecule has 0 radical (unpaired) electrons. The van der Waals surface area contributed by atoms with Crippen LogP contribution in [0.25, 0.3) is 0 Å². The maximum atomic E-state index is 4.45. The molecule has 21 heavy (non-hydrogen) atoms. The van der Waals surface area contributed by atoms with E-state index in [4.69, 9.17) is 0 Å². The molecule has 0 amide bonds. The molecular formula is C16H29N5. The quantitative estimate of drug-likeness (QED) is 0.924. The Morgan fingerprint density at radius 3 is 2.71 bits per heavy atom. The average Bonchev–Trinajstić information content (AvgIpc) is 2.87. The molecule has 1 saturated heterocycles. The highest BCUT2D eigenvalue weighted by atomic mass is 15.4. The van der Waals surface area contributed by atoms with Gasteiger partial charge in [0.1, 0.15) is 12.2 Å². The molecule has 0 bridgehead atoms. The summed E-state index contributed by atoms with van der Waals surface area (Å²) in [4.78, 5) is 7.15. The summed E-state index contributed by atoms with van der Waals surface area (Å²) in [6.07, 6.45) is 8.44. The van der Waals surface area contributed by atoms with Crippen molar-refractivity contribution in [1.29, 1.82) is 0 Å². The Hall–Kier alpha value is -0.940. The zero-order valence-electron chi connectivity index (χ0n) is 13.7. The molecule has 0 aromatic carbocycles. The van der Waals surface area contributed by atoms with Gasteiger partial charge < -0.3 is 5.32 Å². The van der Waals surface area contributed by atoms with Crippen LogP contribution in [0.5, 0.6) is 0 Å². The summed E-state index contributed by atoms with van der Waals surface area (Å²) in [6, 6.07) is 0.589. The minimum absolute atomic E-state index is 0.343. The first kappa shape index (κ1) is 15.0. The minimum atomic E-state index is 0.343. The highest BCUT2D eigenvalue weighted by Gasteiger charge is 2.42. The van der Waals surface area contributed by atoms with E-state index in [2.05, 4.69) is 34.1 Å². The summed E-state index contributed by atoms with van der Waals surface area (Å²) < 4.78 is 1.92. The van der Waals surface area contributed by atoms with Gasteiger partial charge >= 0.3 is 0 Å². The Bertz CT molecular complexity index is 461. The molecule has 1 unspecified atom stereocenters. The predicted molar refractivity (Wildman–Crippen MR) is 83.9 cm³/mol. The van der Waals surface area contributed by atoms with Gasteiger partial charge in [-0.25, -0.2) is 4.98 Å². The number of aromatic nitrogens is 3. The Balaban J connectivity index is 1.80. The molecule has 3 rings (SSSR count). The van der Waals surface area contributed by atoms with Gasteiger partial charge in [-0.3, -0.25) is 9.58 Å². The second kappa shape index (κ2) is 6.05. The van der Waals surface area contributed by atoms with E-state index in [1.54, 1.807) is 6.33 Å². The van der Waals surface area contributed by atoms with Crippen LogP contribution in [0.1, 0.15) is 51.8 Å². The Morgan fingerprint density at radius 2 is 2.10 bits per heavy atom. The number of nitrogens with zero attached hydrogens (tertiary/aromatic N) is 4. The molecule has 1 aliphatic carbocycles. The van der Waals surface area contributed by atoms with Gasteiger partial charge in [-0.2, -0.15) is 5.10 Å². The first-order chi connectivity index (χ1) is 10.1. The molecule has 2 aliphatic rings. The third-order valence-corrected chi connectivity index (χ3v) is 5.51. The first-order valence-electron chi connectivity index (χ1n) is 8.42. The monoisotopic (exact) mass is 291 g/mol. The summed E-state index contributed by atoms with van der Waals surface area (Å²) in [5, 5.41) is 8.05. The van der Waals surface area contributed by atoms with Gasteiger partial charge in [0.2, 0.25) is 0 Å². The van der Waals surface area contributed by atoms with Gasteiger partial charge in [0.15, 0.2) is 0 Å². The fraction of sp³-hybridized carbons (Fsp3) is 0.875. The van der Waals surface area contributed by atoms with Crippen LogP contribution in [-0.4, -0.2) is 44.3 Å². The molecule has 1 aromatic rings. The largest absolute Gasteiger partial charge is 0.311 e. The molecule has 1 spiro atoms. The third kappa shape index (κ3) is 2.99. The number of hydrogen-bond donors (Lipinski definition) is 1. The van der Waals surface area contributed by atoms with E-state index >= 15 is 0 Å². The van der Waals surface area contributed by atoms with E-state index in [9.17, 15) is 0 Å². The van der Waals surface area contributed by atoms with E-state index < -0.39 is 0 Å². The Morgan fingerprint density at radius 1 is 1.33 bits per heavy atom. The van der Waals surface area contributed by atoms with Crippen molar-refractivity contribution >= 4 is 0 Å². The normalized spacial score (nSPS) is 26.6. The van der Waals surface area contributed by atoms with E-state index in [1.807, 2.05) is 11.7 Å². The lowest BCUT2D eigenvalue weighted by atomic mass is 9.77. The van der Waals surface area contributed by atoms with E-state index in [1.165, 1.54) is 32.1 Å². The van der Waals surface area contributed by atoms with Crippen LogP contribution in [0.4, 0.5) is 0 Å². The van der Waals surface area contributed by atoms with Crippen molar-refractivity contribution in [2.24, 2.45) is 13.0 Å². The number of hydrogen-bond acceptors (Lipinski definition) is 4. The maximum absolute atomic E-state index is 4.45. The van der Waals surface area contributed by atoms with Gasteiger partial charge in [0.25, 0.3) is 0 Å². The van der Waals surface area contributed by atoms with Gasteiger partial charge in [-0.1, -0.05) is 33.1 Å². The molecule has 1 N–H and O–H groups in total. The fourth-order valence-corrected chi connectivity index (χ4v) is 3.94. The molecule has 2 heterocycles. The average molecular weight is 291 g/mol. The summed E-state index contributed by atoms with van der Waals surface area (Å²) in [6.45, 7) is 7.83. The minimum Gasteiger partial charge on any atom is -0.311 e. The second-order valence-electron chi connectivity index (χ2n) is 7.20. The first-order valence-corrected chi connectivity index (χ1v) is 8.42. The molecule has 1 aliphatic heterocycles. The van der Waals surface area contributed by atoms with E-state index in [0.717, 1.165) is 25.5 Å². The number of nitrogens with one attached hydrogen (secondary N) is 1. The lowest BCUT2D eigenvalue weighted by molar-refractivity contribution is -0.00658. The van der Waals surface area contributed by atoms with Gasteiger partial charge in [0.05, 0.1) is 6.54 Å². The smallest absolute Gasteiger partial charge is 0.140 e. The highest BCUT2D eigenvalue weighted by Crippen LogP contribution is 2.36. The summed E-state index contributed by atoms with van der Waals surface area (Å²) in [7, 11) is 2.00. The molecule has 118 valence electrons. The van der Waals surface area contributed by atoms with Crippen LogP contribution >= 0.6 is 0 Å². The van der Waals surface area contributed by atoms with Crippen LogP contribution in [0.3, 0.4) is 0 Å². The maximum Gasteiger partial charge on any atom is 0.140 e. The molecule has 5 nitrogen and oxygen atoms in total. The number of aryl methyl sites for hydroxylation is 1. The van der Waals surface area contributed by atoms with Crippen LogP contribution in [0.15, 0.2) is 6.33 Å². The van der Waals surface area contributed by atoms with Crippen molar-refractivity contribution in [2.75, 3.05) is 13.1 Å². The molecule has 1 aromatic heterocycles. The molecular weight excluding hydrogens is 262 g/mol. The van der Waals surface area contributed by atoms with Gasteiger partial charge in [-0.05, 0) is 18.8 Å². The van der Waals surface area contributed by atoms with Gasteiger partial charge in [0, 0.05) is 31.7 Å². The summed E-state index contributed by atoms with van der Waals surface area (Å²) >= 11 is 0. The summed E-state index contributed by atoms with van der Waals surface area (Å²) in [5.41, 5.74) is 0.343. The zero-order chi connectivity index (χ0) is 14.9.